The van der Waals surface area contributed by atoms with E-state index in [0.717, 1.165) is 16.5 Å². The first-order valence-corrected chi connectivity index (χ1v) is 9.47. The Kier molecular flexibility index (Phi) is 6.44. The number of rotatable bonds is 7. The number of H-pyrrole nitrogens is 1. The van der Waals surface area contributed by atoms with E-state index in [1.54, 1.807) is 18.2 Å². The average molecular weight is 443 g/mol. The SMILES string of the molecule is CCCOc1ccccc1-c1cc(C(=O)NN=Cc2cc(Br)ccc2O)[nH]n1. The van der Waals surface area contributed by atoms with Gasteiger partial charge in [0.05, 0.1) is 18.5 Å². The third-order valence-electron chi connectivity index (χ3n) is 3.81. The quantitative estimate of drug-likeness (QED) is 0.378. The van der Waals surface area contributed by atoms with Gasteiger partial charge in [-0.15, -0.1) is 0 Å². The second-order valence-electron chi connectivity index (χ2n) is 5.91. The van der Waals surface area contributed by atoms with Gasteiger partial charge >= 0.3 is 0 Å². The Bertz CT molecular complexity index is 1000. The third kappa shape index (κ3) is 4.77. The van der Waals surface area contributed by atoms with Gasteiger partial charge in [-0.3, -0.25) is 9.89 Å². The minimum atomic E-state index is -0.448. The maximum atomic E-state index is 12.3. The van der Waals surface area contributed by atoms with Crippen molar-refractivity contribution in [1.82, 2.24) is 15.6 Å². The van der Waals surface area contributed by atoms with Crippen molar-refractivity contribution in [1.29, 1.82) is 0 Å². The molecule has 144 valence electrons. The topological polar surface area (TPSA) is 99.6 Å². The van der Waals surface area contributed by atoms with Crippen LogP contribution in [0.4, 0.5) is 0 Å². The van der Waals surface area contributed by atoms with Gasteiger partial charge in [-0.1, -0.05) is 35.0 Å². The van der Waals surface area contributed by atoms with E-state index in [2.05, 4.69) is 36.7 Å². The highest BCUT2D eigenvalue weighted by Crippen LogP contribution is 2.28. The highest BCUT2D eigenvalue weighted by Gasteiger charge is 2.13. The number of benzene rings is 2. The number of halogens is 1. The molecule has 3 aromatic rings. The van der Waals surface area contributed by atoms with Crippen LogP contribution in [0, 0.1) is 0 Å². The highest BCUT2D eigenvalue weighted by atomic mass is 79.9. The standard InChI is InChI=1S/C20H19BrN4O3/c1-2-9-28-19-6-4-3-5-15(19)16-11-17(24-23-16)20(27)25-22-12-13-10-14(21)7-8-18(13)26/h3-8,10-12,26H,2,9H2,1H3,(H,23,24)(H,25,27). The molecular formula is C20H19BrN4O3. The van der Waals surface area contributed by atoms with Gasteiger partial charge in [0.1, 0.15) is 17.2 Å². The van der Waals surface area contributed by atoms with Gasteiger partial charge in [-0.2, -0.15) is 10.2 Å². The smallest absolute Gasteiger partial charge is 0.289 e. The van der Waals surface area contributed by atoms with Crippen molar-refractivity contribution in [2.75, 3.05) is 6.61 Å². The molecule has 1 heterocycles. The summed E-state index contributed by atoms with van der Waals surface area (Å²) in [6, 6.07) is 14.1. The minimum Gasteiger partial charge on any atom is -0.507 e. The summed E-state index contributed by atoms with van der Waals surface area (Å²) in [5.74, 6) is 0.330. The molecule has 0 atom stereocenters. The molecule has 0 saturated heterocycles. The first-order valence-electron chi connectivity index (χ1n) is 8.68. The molecule has 0 aliphatic rings. The summed E-state index contributed by atoms with van der Waals surface area (Å²) >= 11 is 3.32. The maximum absolute atomic E-state index is 12.3. The van der Waals surface area contributed by atoms with Crippen LogP contribution >= 0.6 is 15.9 Å². The van der Waals surface area contributed by atoms with E-state index < -0.39 is 5.91 Å². The number of ether oxygens (including phenoxy) is 1. The fraction of sp³-hybridized carbons (Fsp3) is 0.150. The van der Waals surface area contributed by atoms with Gasteiger partial charge < -0.3 is 9.84 Å². The van der Waals surface area contributed by atoms with Crippen LogP contribution in [0.5, 0.6) is 11.5 Å². The van der Waals surface area contributed by atoms with Crippen LogP contribution in [-0.2, 0) is 0 Å². The van der Waals surface area contributed by atoms with Crippen molar-refractivity contribution in [3.05, 3.63) is 64.3 Å². The summed E-state index contributed by atoms with van der Waals surface area (Å²) in [6.07, 6.45) is 2.26. The molecule has 0 saturated carbocycles. The number of hydrogen-bond donors (Lipinski definition) is 3. The zero-order valence-corrected chi connectivity index (χ0v) is 16.7. The van der Waals surface area contributed by atoms with Gasteiger partial charge in [0.2, 0.25) is 0 Å². The van der Waals surface area contributed by atoms with E-state index in [1.807, 2.05) is 31.2 Å². The first kappa shape index (κ1) is 19.6. The van der Waals surface area contributed by atoms with Crippen molar-refractivity contribution in [3.63, 3.8) is 0 Å². The van der Waals surface area contributed by atoms with E-state index in [1.165, 1.54) is 12.3 Å². The lowest BCUT2D eigenvalue weighted by molar-refractivity contribution is 0.0950. The molecule has 0 aliphatic carbocycles. The van der Waals surface area contributed by atoms with E-state index in [9.17, 15) is 9.90 Å². The van der Waals surface area contributed by atoms with Crippen molar-refractivity contribution in [2.45, 2.75) is 13.3 Å². The Hall–Kier alpha value is -3.13. The lowest BCUT2D eigenvalue weighted by atomic mass is 10.1. The minimum absolute atomic E-state index is 0.0636. The number of nitrogens with one attached hydrogen (secondary N) is 2. The molecule has 2 aromatic carbocycles. The fourth-order valence-corrected chi connectivity index (χ4v) is 2.82. The number of hydrazone groups is 1. The van der Waals surface area contributed by atoms with Crippen LogP contribution in [0.1, 0.15) is 29.4 Å². The molecule has 0 spiro atoms. The largest absolute Gasteiger partial charge is 0.507 e. The highest BCUT2D eigenvalue weighted by molar-refractivity contribution is 9.10. The molecule has 3 rings (SSSR count). The number of carbonyl (C=O) groups excluding carboxylic acids is 1. The van der Waals surface area contributed by atoms with Gasteiger partial charge in [-0.25, -0.2) is 5.43 Å². The number of hydrogen-bond acceptors (Lipinski definition) is 5. The molecule has 0 bridgehead atoms. The van der Waals surface area contributed by atoms with E-state index in [0.29, 0.717) is 23.6 Å². The molecule has 0 unspecified atom stereocenters. The van der Waals surface area contributed by atoms with Crippen molar-refractivity contribution in [2.24, 2.45) is 5.10 Å². The number of aromatic nitrogens is 2. The molecule has 7 nitrogen and oxygen atoms in total. The Morgan fingerprint density at radius 2 is 2.14 bits per heavy atom. The fourth-order valence-electron chi connectivity index (χ4n) is 2.44. The molecule has 0 aliphatic heterocycles. The Morgan fingerprint density at radius 3 is 2.96 bits per heavy atom. The summed E-state index contributed by atoms with van der Waals surface area (Å²) in [7, 11) is 0. The number of phenolic OH excluding ortho intramolecular Hbond substituents is 1. The summed E-state index contributed by atoms with van der Waals surface area (Å²) in [6.45, 7) is 2.64. The van der Waals surface area contributed by atoms with Crippen molar-refractivity contribution >= 4 is 28.1 Å². The molecule has 0 radical (unpaired) electrons. The monoisotopic (exact) mass is 442 g/mol. The van der Waals surface area contributed by atoms with Crippen molar-refractivity contribution in [3.8, 4) is 22.8 Å². The van der Waals surface area contributed by atoms with Crippen LogP contribution in [0.15, 0.2) is 58.1 Å². The van der Waals surface area contributed by atoms with Gasteiger partial charge in [0.25, 0.3) is 5.91 Å². The van der Waals surface area contributed by atoms with Gasteiger partial charge in [0.15, 0.2) is 0 Å². The molecule has 0 fully saturated rings. The van der Waals surface area contributed by atoms with E-state index in [-0.39, 0.29) is 11.4 Å². The maximum Gasteiger partial charge on any atom is 0.289 e. The molecule has 1 aromatic heterocycles. The molecule has 1 amide bonds. The third-order valence-corrected chi connectivity index (χ3v) is 4.30. The predicted octanol–water partition coefficient (Wildman–Crippen LogP) is 4.10. The zero-order chi connectivity index (χ0) is 19.9. The molecule has 28 heavy (non-hydrogen) atoms. The zero-order valence-electron chi connectivity index (χ0n) is 15.1. The first-order chi connectivity index (χ1) is 13.6. The van der Waals surface area contributed by atoms with Crippen LogP contribution in [0.2, 0.25) is 0 Å². The van der Waals surface area contributed by atoms with Crippen molar-refractivity contribution < 1.29 is 14.6 Å². The summed E-state index contributed by atoms with van der Waals surface area (Å²) in [4.78, 5) is 12.3. The molecular weight excluding hydrogens is 424 g/mol. The second kappa shape index (κ2) is 9.18. The number of para-hydroxylation sites is 1. The Morgan fingerprint density at radius 1 is 1.32 bits per heavy atom. The van der Waals surface area contributed by atoms with E-state index >= 15 is 0 Å². The summed E-state index contributed by atoms with van der Waals surface area (Å²) in [5.41, 5.74) is 4.55. The predicted molar refractivity (Wildman–Crippen MR) is 111 cm³/mol. The van der Waals surface area contributed by atoms with Gasteiger partial charge in [0, 0.05) is 15.6 Å². The Labute approximate surface area is 170 Å². The van der Waals surface area contributed by atoms with Crippen LogP contribution in [0.25, 0.3) is 11.3 Å². The number of aromatic amines is 1. The number of nitrogens with zero attached hydrogens (tertiary/aromatic N) is 2. The summed E-state index contributed by atoms with van der Waals surface area (Å²) < 4.78 is 6.53. The van der Waals surface area contributed by atoms with Crippen LogP contribution in [-0.4, -0.2) is 34.0 Å². The molecule has 8 heteroatoms. The number of amides is 1. The Balaban J connectivity index is 1.71. The lowest BCUT2D eigenvalue weighted by Gasteiger charge is -2.08. The summed E-state index contributed by atoms with van der Waals surface area (Å²) in [5, 5.41) is 20.6. The van der Waals surface area contributed by atoms with Crippen LogP contribution < -0.4 is 10.2 Å². The normalized spacial score (nSPS) is 10.9. The number of aromatic hydroxyl groups is 1. The lowest BCUT2D eigenvalue weighted by Crippen LogP contribution is -2.18. The second-order valence-corrected chi connectivity index (χ2v) is 6.83. The van der Waals surface area contributed by atoms with Gasteiger partial charge in [-0.05, 0) is 42.8 Å². The number of carbonyl (C=O) groups is 1. The van der Waals surface area contributed by atoms with Crippen LogP contribution in [0.3, 0.4) is 0 Å². The van der Waals surface area contributed by atoms with E-state index in [4.69, 9.17) is 4.74 Å². The average Bonchev–Trinajstić information content (AvgIpc) is 3.19. The number of phenols is 1. The molecule has 3 N–H and O–H groups in total.